The van der Waals surface area contributed by atoms with Gasteiger partial charge in [0.05, 0.1) is 15.9 Å². The van der Waals surface area contributed by atoms with E-state index in [0.717, 1.165) is 49.2 Å². The van der Waals surface area contributed by atoms with Crippen LogP contribution in [0.2, 0.25) is 0 Å². The number of aryl methyl sites for hydroxylation is 1. The fraction of sp³-hybridized carbons (Fsp3) is 0.0455. The van der Waals surface area contributed by atoms with Gasteiger partial charge in [0.1, 0.15) is 0 Å². The molecule has 3 heterocycles. The second-order valence-electron chi connectivity index (χ2n) is 6.42. The van der Waals surface area contributed by atoms with Crippen LogP contribution in [0.25, 0.3) is 39.1 Å². The maximum Gasteiger partial charge on any atom is 0.172 e. The molecule has 0 aliphatic rings. The van der Waals surface area contributed by atoms with Gasteiger partial charge >= 0.3 is 0 Å². The summed E-state index contributed by atoms with van der Waals surface area (Å²) < 4.78 is 2.72. The summed E-state index contributed by atoms with van der Waals surface area (Å²) in [7, 11) is 0. The minimum atomic E-state index is 0.777. The van der Waals surface area contributed by atoms with Gasteiger partial charge in [-0.25, -0.2) is 9.97 Å². The van der Waals surface area contributed by atoms with Crippen LogP contribution in [-0.2, 0) is 0 Å². The Morgan fingerprint density at radius 3 is 2.22 bits per heavy atom. The Morgan fingerprint density at radius 1 is 0.852 bits per heavy atom. The molecule has 3 aromatic heterocycles. The smallest absolute Gasteiger partial charge is 0.172 e. The molecule has 0 fully saturated rings. The standard InChI is InChI=1S/C22H15BrN4/c1-14-19(23)22-24-13-17-12-18(15-8-4-2-5-9-15)20(16-10-6-3-7-11-16)25-21(17)27(22)26-14/h2-13H,1H3. The van der Waals surface area contributed by atoms with Gasteiger partial charge in [0.2, 0.25) is 0 Å². The molecule has 27 heavy (non-hydrogen) atoms. The van der Waals surface area contributed by atoms with Crippen molar-refractivity contribution in [2.45, 2.75) is 6.92 Å². The Hall–Kier alpha value is -3.05. The predicted octanol–water partition coefficient (Wildman–Crippen LogP) is 5.68. The van der Waals surface area contributed by atoms with Gasteiger partial charge in [0.15, 0.2) is 11.3 Å². The van der Waals surface area contributed by atoms with Crippen LogP contribution in [0.3, 0.4) is 0 Å². The molecular formula is C22H15BrN4. The van der Waals surface area contributed by atoms with Crippen molar-refractivity contribution in [3.63, 3.8) is 0 Å². The molecule has 0 radical (unpaired) electrons. The van der Waals surface area contributed by atoms with Crippen LogP contribution in [0.5, 0.6) is 0 Å². The van der Waals surface area contributed by atoms with E-state index in [4.69, 9.17) is 4.98 Å². The summed E-state index contributed by atoms with van der Waals surface area (Å²) >= 11 is 3.58. The topological polar surface area (TPSA) is 43.1 Å². The minimum absolute atomic E-state index is 0.777. The fourth-order valence-electron chi connectivity index (χ4n) is 3.32. The van der Waals surface area contributed by atoms with Gasteiger partial charge in [0.25, 0.3) is 0 Å². The highest BCUT2D eigenvalue weighted by atomic mass is 79.9. The van der Waals surface area contributed by atoms with E-state index < -0.39 is 0 Å². The summed E-state index contributed by atoms with van der Waals surface area (Å²) in [5.74, 6) is 0. The highest BCUT2D eigenvalue weighted by Gasteiger charge is 2.16. The summed E-state index contributed by atoms with van der Waals surface area (Å²) in [6.07, 6.45) is 1.87. The van der Waals surface area contributed by atoms with Gasteiger partial charge in [-0.15, -0.1) is 0 Å². The molecule has 0 aliphatic heterocycles. The highest BCUT2D eigenvalue weighted by molar-refractivity contribution is 9.10. The van der Waals surface area contributed by atoms with Gasteiger partial charge in [0, 0.05) is 22.7 Å². The average Bonchev–Trinajstić information content (AvgIpc) is 3.02. The molecule has 0 N–H and O–H groups in total. The van der Waals surface area contributed by atoms with E-state index >= 15 is 0 Å². The molecule has 5 aromatic rings. The van der Waals surface area contributed by atoms with Crippen LogP contribution >= 0.6 is 15.9 Å². The lowest BCUT2D eigenvalue weighted by atomic mass is 9.98. The zero-order valence-corrected chi connectivity index (χ0v) is 16.2. The van der Waals surface area contributed by atoms with Crippen molar-refractivity contribution in [2.24, 2.45) is 0 Å². The number of nitrogens with zero attached hydrogens (tertiary/aromatic N) is 4. The Kier molecular flexibility index (Phi) is 3.76. The molecule has 0 atom stereocenters. The van der Waals surface area contributed by atoms with Crippen LogP contribution in [0.4, 0.5) is 0 Å². The maximum atomic E-state index is 5.04. The lowest BCUT2D eigenvalue weighted by molar-refractivity contribution is 0.940. The van der Waals surface area contributed by atoms with Crippen LogP contribution in [-0.4, -0.2) is 19.6 Å². The molecule has 0 bridgehead atoms. The van der Waals surface area contributed by atoms with E-state index in [1.165, 1.54) is 0 Å². The van der Waals surface area contributed by atoms with E-state index in [9.17, 15) is 0 Å². The van der Waals surface area contributed by atoms with Crippen LogP contribution < -0.4 is 0 Å². The van der Waals surface area contributed by atoms with Crippen molar-refractivity contribution in [1.82, 2.24) is 19.6 Å². The van der Waals surface area contributed by atoms with Crippen molar-refractivity contribution in [3.05, 3.63) is 83.1 Å². The zero-order chi connectivity index (χ0) is 18.4. The summed E-state index contributed by atoms with van der Waals surface area (Å²) in [5.41, 5.74) is 6.69. The van der Waals surface area contributed by atoms with E-state index in [2.05, 4.69) is 56.3 Å². The van der Waals surface area contributed by atoms with Gasteiger partial charge < -0.3 is 0 Å². The third-order valence-electron chi connectivity index (χ3n) is 4.65. The van der Waals surface area contributed by atoms with E-state index in [1.54, 1.807) is 0 Å². The lowest BCUT2D eigenvalue weighted by Gasteiger charge is -2.12. The second-order valence-corrected chi connectivity index (χ2v) is 7.22. The first-order valence-corrected chi connectivity index (χ1v) is 9.47. The largest absolute Gasteiger partial charge is 0.235 e. The number of halogens is 1. The normalized spacial score (nSPS) is 11.3. The van der Waals surface area contributed by atoms with E-state index in [-0.39, 0.29) is 0 Å². The first kappa shape index (κ1) is 16.1. The molecule has 0 saturated heterocycles. The molecule has 5 heteroatoms. The lowest BCUT2D eigenvalue weighted by Crippen LogP contribution is -1.99. The highest BCUT2D eigenvalue weighted by Crippen LogP contribution is 2.34. The van der Waals surface area contributed by atoms with E-state index in [1.807, 2.05) is 54.0 Å². The molecule has 5 rings (SSSR count). The van der Waals surface area contributed by atoms with Crippen LogP contribution in [0, 0.1) is 6.92 Å². The van der Waals surface area contributed by atoms with Gasteiger partial charge in [-0.1, -0.05) is 60.7 Å². The third-order valence-corrected chi connectivity index (χ3v) is 5.58. The number of pyridine rings is 1. The van der Waals surface area contributed by atoms with Gasteiger partial charge in [-0.05, 0) is 34.5 Å². The fourth-order valence-corrected chi connectivity index (χ4v) is 3.67. The van der Waals surface area contributed by atoms with Crippen molar-refractivity contribution >= 4 is 32.6 Å². The summed E-state index contributed by atoms with van der Waals surface area (Å²) in [4.78, 5) is 9.62. The van der Waals surface area contributed by atoms with Crippen molar-refractivity contribution in [1.29, 1.82) is 0 Å². The monoisotopic (exact) mass is 414 g/mol. The Morgan fingerprint density at radius 2 is 1.52 bits per heavy atom. The Bertz CT molecular complexity index is 1280. The number of fused-ring (bicyclic) bond motifs is 3. The summed E-state index contributed by atoms with van der Waals surface area (Å²) in [6, 6.07) is 22.7. The first-order valence-electron chi connectivity index (χ1n) is 8.68. The molecule has 0 spiro atoms. The zero-order valence-electron chi connectivity index (χ0n) is 14.6. The molecule has 0 unspecified atom stereocenters. The summed E-state index contributed by atoms with van der Waals surface area (Å²) in [6.45, 7) is 1.96. The molecule has 0 saturated carbocycles. The van der Waals surface area contributed by atoms with Crippen molar-refractivity contribution < 1.29 is 0 Å². The molecule has 130 valence electrons. The number of benzene rings is 2. The van der Waals surface area contributed by atoms with Crippen LogP contribution in [0.15, 0.2) is 77.4 Å². The molecule has 0 aliphatic carbocycles. The summed E-state index contributed by atoms with van der Waals surface area (Å²) in [5, 5.41) is 5.58. The van der Waals surface area contributed by atoms with Crippen molar-refractivity contribution in [3.8, 4) is 22.4 Å². The third kappa shape index (κ3) is 2.62. The van der Waals surface area contributed by atoms with Gasteiger partial charge in [-0.3, -0.25) is 0 Å². The molecule has 0 amide bonds. The number of aromatic nitrogens is 4. The number of hydrogen-bond donors (Lipinski definition) is 0. The molecule has 2 aromatic carbocycles. The minimum Gasteiger partial charge on any atom is -0.235 e. The average molecular weight is 415 g/mol. The van der Waals surface area contributed by atoms with Crippen molar-refractivity contribution in [2.75, 3.05) is 0 Å². The number of rotatable bonds is 2. The Balaban J connectivity index is 1.90. The maximum absolute atomic E-state index is 5.04. The van der Waals surface area contributed by atoms with Crippen LogP contribution in [0.1, 0.15) is 5.69 Å². The quantitative estimate of drug-likeness (QED) is 0.373. The SMILES string of the molecule is Cc1nn2c(ncc3cc(-c4ccccc4)c(-c4ccccc4)nc32)c1Br. The first-order chi connectivity index (χ1) is 13.2. The molecule has 4 nitrogen and oxygen atoms in total. The predicted molar refractivity (Wildman–Crippen MR) is 112 cm³/mol. The van der Waals surface area contributed by atoms with Gasteiger partial charge in [-0.2, -0.15) is 9.61 Å². The number of hydrogen-bond acceptors (Lipinski definition) is 3. The van der Waals surface area contributed by atoms with E-state index in [0.29, 0.717) is 0 Å². The second kappa shape index (κ2) is 6.28. The molecular weight excluding hydrogens is 400 g/mol. The Labute approximate surface area is 164 Å².